The summed E-state index contributed by atoms with van der Waals surface area (Å²) in [5.74, 6) is -0.822. The molecule has 0 saturated carbocycles. The molecule has 7 heteroatoms. The Morgan fingerprint density at radius 3 is 2.43 bits per heavy atom. The van der Waals surface area contributed by atoms with E-state index in [4.69, 9.17) is 17.0 Å². The van der Waals surface area contributed by atoms with Crippen LogP contribution in [0.3, 0.4) is 0 Å². The van der Waals surface area contributed by atoms with Crippen LogP contribution in [0.1, 0.15) is 35.8 Å². The van der Waals surface area contributed by atoms with Gasteiger partial charge in [0.1, 0.15) is 0 Å². The lowest BCUT2D eigenvalue weighted by molar-refractivity contribution is -0.139. The number of carbonyl (C=O) groups is 2. The number of hydrogen-bond donors (Lipinski definition) is 2. The summed E-state index contributed by atoms with van der Waals surface area (Å²) in [6.45, 7) is 3.81. The summed E-state index contributed by atoms with van der Waals surface area (Å²) in [5.41, 5.74) is 2.34. The summed E-state index contributed by atoms with van der Waals surface area (Å²) in [6.07, 6.45) is 0. The van der Waals surface area contributed by atoms with E-state index in [1.165, 1.54) is 7.11 Å². The van der Waals surface area contributed by atoms with E-state index in [1.807, 2.05) is 0 Å². The third-order valence-electron chi connectivity index (χ3n) is 3.43. The van der Waals surface area contributed by atoms with E-state index >= 15 is 0 Å². The molecule has 0 fully saturated rings. The number of carbonyl (C=O) groups excluding carboxylic acids is 2. The molecule has 122 valence electrons. The second-order valence-corrected chi connectivity index (χ2v) is 5.31. The lowest BCUT2D eigenvalue weighted by Crippen LogP contribution is -2.45. The molecule has 23 heavy (non-hydrogen) atoms. The van der Waals surface area contributed by atoms with Crippen molar-refractivity contribution in [2.24, 2.45) is 0 Å². The molecule has 1 aromatic carbocycles. The topological polar surface area (TPSA) is 76.7 Å². The van der Waals surface area contributed by atoms with Crippen LogP contribution in [0.5, 0.6) is 0 Å². The number of rotatable bonds is 4. The predicted octanol–water partition coefficient (Wildman–Crippen LogP) is 1.83. The number of allylic oxidation sites excluding steroid dienone is 1. The quantitative estimate of drug-likeness (QED) is 0.642. The van der Waals surface area contributed by atoms with Crippen LogP contribution >= 0.6 is 12.2 Å². The molecule has 1 atom stereocenters. The molecule has 0 bridgehead atoms. The van der Waals surface area contributed by atoms with Gasteiger partial charge in [-0.2, -0.15) is 0 Å². The highest BCUT2D eigenvalue weighted by Gasteiger charge is 2.30. The highest BCUT2D eigenvalue weighted by atomic mass is 32.1. The number of thiocarbonyl (C=S) groups is 1. The van der Waals surface area contributed by atoms with E-state index in [-0.39, 0.29) is 6.61 Å². The zero-order chi connectivity index (χ0) is 17.0. The Morgan fingerprint density at radius 2 is 1.87 bits per heavy atom. The molecule has 0 aliphatic carbocycles. The molecule has 2 rings (SSSR count). The average Bonchev–Trinajstić information content (AvgIpc) is 2.53. The van der Waals surface area contributed by atoms with Gasteiger partial charge in [0.05, 0.1) is 30.9 Å². The smallest absolute Gasteiger partial charge is 0.338 e. The van der Waals surface area contributed by atoms with Crippen LogP contribution < -0.4 is 10.6 Å². The van der Waals surface area contributed by atoms with E-state index in [0.29, 0.717) is 21.9 Å². The standard InChI is InChI=1S/C16H18N2O4S/c1-4-22-15(20)12-9(2)17-16(23)18-13(12)10-5-7-11(8-6-10)14(19)21-3/h5-8,13H,4H2,1-3H3,(H2,17,18,23)/t13-/m0/s1. The zero-order valence-electron chi connectivity index (χ0n) is 13.1. The number of methoxy groups -OCH3 is 1. The van der Waals surface area contributed by atoms with Crippen molar-refractivity contribution in [3.63, 3.8) is 0 Å². The van der Waals surface area contributed by atoms with Crippen LogP contribution in [-0.2, 0) is 14.3 Å². The fraction of sp³-hybridized carbons (Fsp3) is 0.312. The van der Waals surface area contributed by atoms with Crippen LogP contribution in [0.25, 0.3) is 0 Å². The van der Waals surface area contributed by atoms with Gasteiger partial charge in [0.2, 0.25) is 0 Å². The van der Waals surface area contributed by atoms with Gasteiger partial charge < -0.3 is 20.1 Å². The Balaban J connectivity index is 2.38. The maximum absolute atomic E-state index is 12.2. The van der Waals surface area contributed by atoms with E-state index in [2.05, 4.69) is 15.4 Å². The summed E-state index contributed by atoms with van der Waals surface area (Å²) in [7, 11) is 1.33. The molecular formula is C16H18N2O4S. The fourth-order valence-corrected chi connectivity index (χ4v) is 2.62. The molecule has 6 nitrogen and oxygen atoms in total. The second kappa shape index (κ2) is 7.23. The number of benzene rings is 1. The molecule has 0 radical (unpaired) electrons. The maximum atomic E-state index is 12.2. The van der Waals surface area contributed by atoms with Gasteiger partial charge >= 0.3 is 11.9 Å². The molecule has 0 spiro atoms. The molecule has 1 heterocycles. The molecule has 0 amide bonds. The van der Waals surface area contributed by atoms with Crippen LogP contribution in [0.4, 0.5) is 0 Å². The van der Waals surface area contributed by atoms with Crippen LogP contribution in [0.15, 0.2) is 35.5 Å². The highest BCUT2D eigenvalue weighted by molar-refractivity contribution is 7.80. The van der Waals surface area contributed by atoms with Crippen molar-refractivity contribution in [1.29, 1.82) is 0 Å². The van der Waals surface area contributed by atoms with Crippen LogP contribution in [0, 0.1) is 0 Å². The number of esters is 2. The van der Waals surface area contributed by atoms with Gasteiger partial charge in [-0.25, -0.2) is 9.59 Å². The molecule has 0 unspecified atom stereocenters. The molecular weight excluding hydrogens is 316 g/mol. The lowest BCUT2D eigenvalue weighted by Gasteiger charge is -2.29. The monoisotopic (exact) mass is 334 g/mol. The minimum atomic E-state index is -0.436. The minimum absolute atomic E-state index is 0.286. The molecule has 1 aromatic rings. The summed E-state index contributed by atoms with van der Waals surface area (Å²) in [6, 6.07) is 6.36. The van der Waals surface area contributed by atoms with E-state index in [1.54, 1.807) is 38.1 Å². The van der Waals surface area contributed by atoms with Crippen molar-refractivity contribution < 1.29 is 19.1 Å². The Morgan fingerprint density at radius 1 is 1.22 bits per heavy atom. The zero-order valence-corrected chi connectivity index (χ0v) is 14.0. The van der Waals surface area contributed by atoms with E-state index in [9.17, 15) is 9.59 Å². The number of hydrogen-bond acceptors (Lipinski definition) is 5. The predicted molar refractivity (Wildman–Crippen MR) is 88.7 cm³/mol. The Hall–Kier alpha value is -2.41. The number of ether oxygens (including phenoxy) is 2. The van der Waals surface area contributed by atoms with Gasteiger partial charge in [-0.05, 0) is 43.8 Å². The first-order valence-electron chi connectivity index (χ1n) is 7.11. The maximum Gasteiger partial charge on any atom is 0.338 e. The van der Waals surface area contributed by atoms with Crippen molar-refractivity contribution in [3.05, 3.63) is 46.7 Å². The first-order chi connectivity index (χ1) is 11.0. The van der Waals surface area contributed by atoms with Gasteiger partial charge in [-0.3, -0.25) is 0 Å². The summed E-state index contributed by atoms with van der Waals surface area (Å²) in [5, 5.41) is 6.42. The first-order valence-corrected chi connectivity index (χ1v) is 7.52. The van der Waals surface area contributed by atoms with Gasteiger partial charge in [0, 0.05) is 5.70 Å². The third kappa shape index (κ3) is 3.68. The van der Waals surface area contributed by atoms with Crippen LogP contribution in [-0.4, -0.2) is 30.8 Å². The third-order valence-corrected chi connectivity index (χ3v) is 3.65. The van der Waals surface area contributed by atoms with Crippen molar-refractivity contribution in [3.8, 4) is 0 Å². The molecule has 0 saturated heterocycles. The number of nitrogens with one attached hydrogen (secondary N) is 2. The summed E-state index contributed by atoms with van der Waals surface area (Å²) in [4.78, 5) is 23.8. The molecule has 0 aromatic heterocycles. The van der Waals surface area contributed by atoms with Crippen molar-refractivity contribution in [2.75, 3.05) is 13.7 Å². The summed E-state index contributed by atoms with van der Waals surface area (Å²) >= 11 is 5.17. The molecule has 1 aliphatic rings. The summed E-state index contributed by atoms with van der Waals surface area (Å²) < 4.78 is 9.80. The minimum Gasteiger partial charge on any atom is -0.465 e. The molecule has 1 aliphatic heterocycles. The fourth-order valence-electron chi connectivity index (χ4n) is 2.35. The van der Waals surface area contributed by atoms with Crippen molar-refractivity contribution in [2.45, 2.75) is 19.9 Å². The largest absolute Gasteiger partial charge is 0.465 e. The van der Waals surface area contributed by atoms with Crippen molar-refractivity contribution in [1.82, 2.24) is 10.6 Å². The lowest BCUT2D eigenvalue weighted by atomic mass is 9.95. The van der Waals surface area contributed by atoms with Gasteiger partial charge in [0.15, 0.2) is 5.11 Å². The average molecular weight is 334 g/mol. The Bertz CT molecular complexity index is 667. The first kappa shape index (κ1) is 17.0. The van der Waals surface area contributed by atoms with Crippen LogP contribution in [0.2, 0.25) is 0 Å². The Labute approximate surface area is 139 Å². The normalized spacial score (nSPS) is 17.2. The SMILES string of the molecule is CCOC(=O)C1=C(C)NC(=S)N[C@H]1c1ccc(C(=O)OC)cc1. The van der Waals surface area contributed by atoms with E-state index < -0.39 is 18.0 Å². The van der Waals surface area contributed by atoms with Gasteiger partial charge in [0.25, 0.3) is 0 Å². The van der Waals surface area contributed by atoms with Gasteiger partial charge in [-0.1, -0.05) is 12.1 Å². The molecule has 2 N–H and O–H groups in total. The highest BCUT2D eigenvalue weighted by Crippen LogP contribution is 2.27. The van der Waals surface area contributed by atoms with E-state index in [0.717, 1.165) is 5.56 Å². The Kier molecular flexibility index (Phi) is 5.33. The second-order valence-electron chi connectivity index (χ2n) is 4.90. The van der Waals surface area contributed by atoms with Gasteiger partial charge in [-0.15, -0.1) is 0 Å². The van der Waals surface area contributed by atoms with Crippen molar-refractivity contribution >= 4 is 29.3 Å².